The van der Waals surface area contributed by atoms with Crippen LogP contribution in [0.2, 0.25) is 0 Å². The number of carbonyl (C=O) groups is 4. The van der Waals surface area contributed by atoms with E-state index in [0.717, 1.165) is 157 Å². The van der Waals surface area contributed by atoms with Crippen LogP contribution in [0.3, 0.4) is 0 Å². The molecular weight excluding hydrogens is 1010 g/mol. The van der Waals surface area contributed by atoms with Gasteiger partial charge < -0.3 is 45.4 Å². The third-order valence-corrected chi connectivity index (χ3v) is 19.8. The number of H-pyrrole nitrogens is 6. The van der Waals surface area contributed by atoms with Crippen LogP contribution in [0.4, 0.5) is 0 Å². The van der Waals surface area contributed by atoms with Gasteiger partial charge in [0.1, 0.15) is 0 Å². The lowest BCUT2D eigenvalue weighted by atomic mass is 9.80. The van der Waals surface area contributed by atoms with Gasteiger partial charge in [-0.1, -0.05) is 27.7 Å². The Morgan fingerprint density at radius 2 is 0.877 bits per heavy atom. The predicted molar refractivity (Wildman–Crippen MR) is 318 cm³/mol. The Bertz CT molecular complexity index is 4120. The summed E-state index contributed by atoms with van der Waals surface area (Å²) in [6.07, 6.45) is 11.8. The summed E-state index contributed by atoms with van der Waals surface area (Å²) in [5, 5.41) is 31.2. The van der Waals surface area contributed by atoms with Gasteiger partial charge in [-0.2, -0.15) is 0 Å². The van der Waals surface area contributed by atoms with Crippen molar-refractivity contribution in [3.8, 4) is 0 Å². The highest BCUT2D eigenvalue weighted by molar-refractivity contribution is 6.21. The summed E-state index contributed by atoms with van der Waals surface area (Å²) in [6, 6.07) is -0.709. The molecular formula is C66H75N9O6. The molecule has 81 heavy (non-hydrogen) atoms. The third kappa shape index (κ3) is 8.54. The number of carboxylic acid groups (broad SMARTS) is 2. The lowest BCUT2D eigenvalue weighted by molar-refractivity contribution is -0.138. The molecule has 0 saturated carbocycles. The molecule has 15 heteroatoms. The Kier molecular flexibility index (Phi) is 13.3. The summed E-state index contributed by atoms with van der Waals surface area (Å²) >= 11 is 0. The lowest BCUT2D eigenvalue weighted by Crippen LogP contribution is -2.27. The van der Waals surface area contributed by atoms with E-state index in [-0.39, 0.29) is 73.0 Å². The molecule has 9 N–H and O–H groups in total. The van der Waals surface area contributed by atoms with E-state index < -0.39 is 11.9 Å². The fourth-order valence-electron chi connectivity index (χ4n) is 15.2. The molecule has 6 atom stereocenters. The molecule has 0 fully saturated rings. The maximum absolute atomic E-state index is 14.0. The molecule has 0 spiro atoms. The van der Waals surface area contributed by atoms with Crippen LogP contribution in [0.5, 0.6) is 0 Å². The zero-order chi connectivity index (χ0) is 57.4. The highest BCUT2D eigenvalue weighted by Crippen LogP contribution is 2.42. The molecule has 6 aromatic heterocycles. The van der Waals surface area contributed by atoms with Gasteiger partial charge in [0.05, 0.1) is 22.8 Å². The Morgan fingerprint density at radius 3 is 1.25 bits per heavy atom. The summed E-state index contributed by atoms with van der Waals surface area (Å²) in [7, 11) is 0. The predicted octanol–water partition coefficient (Wildman–Crippen LogP) is 4.96. The van der Waals surface area contributed by atoms with Crippen molar-refractivity contribution < 1.29 is 29.4 Å². The van der Waals surface area contributed by atoms with Crippen molar-refractivity contribution in [1.29, 1.82) is 0 Å². The molecule has 6 aliphatic rings. The average Bonchev–Trinajstić information content (AvgIpc) is 3.41. The van der Waals surface area contributed by atoms with Crippen molar-refractivity contribution >= 4 is 81.5 Å². The van der Waals surface area contributed by atoms with E-state index in [0.29, 0.717) is 37.1 Å². The van der Waals surface area contributed by atoms with Gasteiger partial charge in [-0.25, -0.2) is 0 Å². The molecule has 12 rings (SSSR count). The maximum Gasteiger partial charge on any atom is 0.303 e. The molecule has 16 bridgehead atoms. The van der Waals surface area contributed by atoms with Crippen LogP contribution in [0, 0.1) is 65.2 Å². The van der Waals surface area contributed by atoms with Crippen molar-refractivity contribution in [1.82, 2.24) is 35.2 Å². The number of Topliss-reactive ketones (excluding diaryl/α,β-unsaturated/α-hetero) is 2. The summed E-state index contributed by atoms with van der Waals surface area (Å²) in [5.41, 5.74) is 22.1. The molecule has 0 radical (unpaired) electrons. The molecule has 0 aromatic carbocycles. The quantitative estimate of drug-likeness (QED) is 0.0816. The second-order valence-electron chi connectivity index (χ2n) is 24.1. The van der Waals surface area contributed by atoms with Gasteiger partial charge in [0.25, 0.3) is 0 Å². The third-order valence-electron chi connectivity index (χ3n) is 19.8. The van der Waals surface area contributed by atoms with Crippen LogP contribution in [0.1, 0.15) is 179 Å². The number of aromatic nitrogens is 6. The minimum Gasteiger partial charge on any atom is -0.481 e. The monoisotopic (exact) mass is 1090 g/mol. The van der Waals surface area contributed by atoms with E-state index in [2.05, 4.69) is 129 Å². The fourth-order valence-corrected chi connectivity index (χ4v) is 15.2. The summed E-state index contributed by atoms with van der Waals surface area (Å²) in [5.74, 6) is -1.91. The second kappa shape index (κ2) is 20.0. The first-order chi connectivity index (χ1) is 38.7. The smallest absolute Gasteiger partial charge is 0.303 e. The topological polar surface area (TPSA) is 240 Å². The first kappa shape index (κ1) is 53.8. The Balaban J connectivity index is 1.01. The summed E-state index contributed by atoms with van der Waals surface area (Å²) in [4.78, 5) is 86.1. The average molecular weight is 1090 g/mol. The fraction of sp³-hybridized carbons (Fsp3) is 0.424. The van der Waals surface area contributed by atoms with E-state index in [1.54, 1.807) is 0 Å². The van der Waals surface area contributed by atoms with Gasteiger partial charge in [0, 0.05) is 128 Å². The Hall–Kier alpha value is -7.78. The van der Waals surface area contributed by atoms with Crippen molar-refractivity contribution in [2.24, 2.45) is 33.7 Å². The summed E-state index contributed by atoms with van der Waals surface area (Å²) in [6.45, 7) is 26.7. The van der Waals surface area contributed by atoms with Crippen LogP contribution in [0.25, 0.3) is 46.6 Å². The number of nitrogens with one attached hydrogen (secondary N) is 7. The molecule has 2 unspecified atom stereocenters. The lowest BCUT2D eigenvalue weighted by Gasteiger charge is -2.22. The van der Waals surface area contributed by atoms with Crippen LogP contribution < -0.4 is 48.1 Å². The first-order valence-corrected chi connectivity index (χ1v) is 29.2. The van der Waals surface area contributed by atoms with E-state index in [1.165, 1.54) is 11.1 Å². The standard InChI is InChI=1S/C66H75N9O6/c1-13-37-27(3)45-21-51-43(31(7)59(72-51)35(11)61-29(5)39(15-17-55(78)79)63(74-61)41-19-53(76)57-33(9)47(70-65(41)57)23-49(37)68-45)25-67-26-44-32(8)60-36(12)62-30(6)40(16-18-56(80)81)64(75-62)42-20-54(77)58-34(10)48(71-66(42)58)24-50-38(14-2)28(4)46(69-50)22-52(44)73-60/h21-24,29-30,39-40,63-64,67-73H,13-20,25-26H2,1-12H3,(H,78,79)(H,80,81)/b47-23-,48-24-,51-21-,52-22?,59-35-,60-36?/t29-,30-,39-,40-,63?,64?/m0/s1. The number of rotatable bonds is 12. The number of ketones is 2. The largest absolute Gasteiger partial charge is 0.481 e. The SMILES string of the molecule is CCc1c2[nH]c(c1C)C=c1[nH]c(c(C)c1CNCc1c(C)/c3[nH]/c1=C\c1[nH]c(c(CC)c1C)/C=c1\[nH]c4c(c1C)C(=O)CC=4C1N=C(\C=3C)[C@@H](C)[C@@H]1CCC(=O)O)=C(C)C1=NC(C3=c4[nH]/c(c(C)c4C(=O)C3)=C\2)[C@@H](CCC(=O)O)[C@@H]1C. The first-order valence-electron chi connectivity index (χ1n) is 29.2. The van der Waals surface area contributed by atoms with Gasteiger partial charge in [-0.3, -0.25) is 29.2 Å². The van der Waals surface area contributed by atoms with E-state index in [9.17, 15) is 29.4 Å². The van der Waals surface area contributed by atoms with Crippen LogP contribution >= 0.6 is 0 Å². The number of hydrogen-bond acceptors (Lipinski definition) is 7. The van der Waals surface area contributed by atoms with Gasteiger partial charge in [0.2, 0.25) is 0 Å². The van der Waals surface area contributed by atoms with Crippen molar-refractivity contribution in [3.63, 3.8) is 0 Å². The molecule has 15 nitrogen and oxygen atoms in total. The van der Waals surface area contributed by atoms with Crippen molar-refractivity contribution in [2.75, 3.05) is 0 Å². The molecule has 2 aliphatic carbocycles. The van der Waals surface area contributed by atoms with Crippen LogP contribution in [-0.4, -0.2) is 87.1 Å². The normalized spacial score (nSPS) is 23.6. The number of fused-ring (bicyclic) bond motifs is 14. The molecule has 10 heterocycles. The number of aromatic amines is 6. The van der Waals surface area contributed by atoms with Crippen LogP contribution in [-0.2, 0) is 35.5 Å². The number of nitrogens with zero attached hydrogens (tertiary/aromatic N) is 2. The number of aliphatic carboxylic acids is 2. The minimum atomic E-state index is -0.845. The minimum absolute atomic E-state index is 0.0132. The van der Waals surface area contributed by atoms with Crippen molar-refractivity contribution in [3.05, 3.63) is 132 Å². The molecule has 0 saturated heterocycles. The van der Waals surface area contributed by atoms with Gasteiger partial charge in [-0.15, -0.1) is 0 Å². The molecule has 4 aliphatic heterocycles. The zero-order valence-electron chi connectivity index (χ0n) is 48.8. The highest BCUT2D eigenvalue weighted by atomic mass is 16.4. The molecule has 0 amide bonds. The Labute approximate surface area is 469 Å². The molecule has 6 aromatic rings. The number of carboxylic acids is 2. The highest BCUT2D eigenvalue weighted by Gasteiger charge is 2.44. The Morgan fingerprint density at radius 1 is 0.506 bits per heavy atom. The number of carbonyl (C=O) groups excluding carboxylic acids is 2. The number of aliphatic imine (C=N–C) groups is 2. The van der Waals surface area contributed by atoms with Crippen molar-refractivity contribution in [2.45, 2.75) is 160 Å². The van der Waals surface area contributed by atoms with Crippen LogP contribution in [0.15, 0.2) is 9.98 Å². The van der Waals surface area contributed by atoms with E-state index >= 15 is 0 Å². The van der Waals surface area contributed by atoms with Gasteiger partial charge >= 0.3 is 11.9 Å². The van der Waals surface area contributed by atoms with E-state index in [4.69, 9.17) is 9.98 Å². The van der Waals surface area contributed by atoms with E-state index in [1.807, 2.05) is 13.8 Å². The number of hydrogen-bond donors (Lipinski definition) is 9. The maximum atomic E-state index is 14.0. The second-order valence-corrected chi connectivity index (χ2v) is 24.1. The van der Waals surface area contributed by atoms with Gasteiger partial charge in [-0.05, 0) is 195 Å². The summed E-state index contributed by atoms with van der Waals surface area (Å²) < 4.78 is 0. The zero-order valence-corrected chi connectivity index (χ0v) is 48.8. The molecule has 420 valence electrons. The van der Waals surface area contributed by atoms with Gasteiger partial charge in [0.15, 0.2) is 11.6 Å².